The number of aromatic nitrogens is 5. The van der Waals surface area contributed by atoms with Crippen LogP contribution in [0.4, 0.5) is 10.2 Å². The number of fused-ring (bicyclic) bond motifs is 2. The Morgan fingerprint density at radius 1 is 1.21 bits per heavy atom. The van der Waals surface area contributed by atoms with Crippen LogP contribution in [0.25, 0.3) is 22.6 Å². The zero-order chi connectivity index (χ0) is 22.7. The monoisotopic (exact) mass is 445 g/mol. The number of halogens is 1. The summed E-state index contributed by atoms with van der Waals surface area (Å²) in [5.74, 6) is 1.24. The van der Waals surface area contributed by atoms with E-state index in [4.69, 9.17) is 10.7 Å². The second-order valence-corrected chi connectivity index (χ2v) is 8.98. The Hall–Kier alpha value is -3.59. The molecule has 0 radical (unpaired) electrons. The zero-order valence-corrected chi connectivity index (χ0v) is 18.2. The Labute approximate surface area is 189 Å². The van der Waals surface area contributed by atoms with Gasteiger partial charge in [-0.15, -0.1) is 0 Å². The maximum absolute atomic E-state index is 14.6. The van der Waals surface area contributed by atoms with Gasteiger partial charge in [0, 0.05) is 38.2 Å². The molecule has 3 aromatic heterocycles. The normalized spacial score (nSPS) is 24.2. The molecule has 8 nitrogen and oxygen atoms in total. The lowest BCUT2D eigenvalue weighted by Crippen LogP contribution is -2.32. The van der Waals surface area contributed by atoms with Crippen molar-refractivity contribution < 1.29 is 4.39 Å². The zero-order valence-electron chi connectivity index (χ0n) is 18.2. The Kier molecular flexibility index (Phi) is 4.38. The minimum absolute atomic E-state index is 0.112. The van der Waals surface area contributed by atoms with Crippen LogP contribution in [0.3, 0.4) is 0 Å². The first-order valence-corrected chi connectivity index (χ1v) is 11.1. The van der Waals surface area contributed by atoms with E-state index >= 15 is 0 Å². The number of aromatic amines is 1. The summed E-state index contributed by atoms with van der Waals surface area (Å²) >= 11 is 0. The molecule has 2 fully saturated rings. The number of rotatable bonds is 4. The van der Waals surface area contributed by atoms with Crippen LogP contribution < -0.4 is 16.2 Å². The molecular formula is C24H24FN7O. The highest BCUT2D eigenvalue weighted by molar-refractivity contribution is 5.86. The van der Waals surface area contributed by atoms with Gasteiger partial charge in [-0.1, -0.05) is 24.3 Å². The van der Waals surface area contributed by atoms with Crippen LogP contribution in [-0.4, -0.2) is 44.4 Å². The van der Waals surface area contributed by atoms with E-state index in [0.29, 0.717) is 35.0 Å². The molecule has 0 unspecified atom stereocenters. The summed E-state index contributed by atoms with van der Waals surface area (Å²) in [6.45, 7) is 2.00. The van der Waals surface area contributed by atoms with Gasteiger partial charge in [0.15, 0.2) is 5.65 Å². The first kappa shape index (κ1) is 20.0. The van der Waals surface area contributed by atoms with E-state index in [1.54, 1.807) is 25.4 Å². The first-order valence-electron chi connectivity index (χ1n) is 11.1. The van der Waals surface area contributed by atoms with Crippen molar-refractivity contribution in [2.45, 2.75) is 11.8 Å². The van der Waals surface area contributed by atoms with Crippen molar-refractivity contribution in [3.05, 3.63) is 70.4 Å². The van der Waals surface area contributed by atoms with Crippen molar-refractivity contribution in [2.75, 3.05) is 24.5 Å². The Morgan fingerprint density at radius 3 is 2.88 bits per heavy atom. The van der Waals surface area contributed by atoms with E-state index in [2.05, 4.69) is 20.1 Å². The van der Waals surface area contributed by atoms with Gasteiger partial charge in [0.2, 0.25) is 0 Å². The van der Waals surface area contributed by atoms with Gasteiger partial charge in [0.05, 0.1) is 11.9 Å². The van der Waals surface area contributed by atoms with Gasteiger partial charge in [-0.3, -0.25) is 9.89 Å². The van der Waals surface area contributed by atoms with Crippen molar-refractivity contribution in [3.8, 4) is 11.4 Å². The number of pyridine rings is 1. The lowest BCUT2D eigenvalue weighted by molar-refractivity contribution is 0.533. The smallest absolute Gasteiger partial charge is 0.250 e. The molecule has 2 aliphatic rings. The van der Waals surface area contributed by atoms with Gasteiger partial charge < -0.3 is 15.2 Å². The maximum atomic E-state index is 14.6. The molecule has 1 aliphatic heterocycles. The predicted molar refractivity (Wildman–Crippen MR) is 123 cm³/mol. The summed E-state index contributed by atoms with van der Waals surface area (Å²) in [7, 11) is 1.71. The van der Waals surface area contributed by atoms with Crippen LogP contribution in [0.1, 0.15) is 12.0 Å². The van der Waals surface area contributed by atoms with E-state index < -0.39 is 0 Å². The van der Waals surface area contributed by atoms with Gasteiger partial charge in [0.25, 0.3) is 5.56 Å². The van der Waals surface area contributed by atoms with Crippen LogP contribution >= 0.6 is 0 Å². The van der Waals surface area contributed by atoms with Gasteiger partial charge in [-0.25, -0.2) is 14.4 Å². The summed E-state index contributed by atoms with van der Waals surface area (Å²) in [5, 5.41) is 7.34. The van der Waals surface area contributed by atoms with E-state index in [1.807, 2.05) is 18.2 Å². The first-order chi connectivity index (χ1) is 16.0. The molecule has 4 heterocycles. The molecule has 3 atom stereocenters. The van der Waals surface area contributed by atoms with Crippen molar-refractivity contribution in [1.82, 2.24) is 24.7 Å². The van der Waals surface area contributed by atoms with Crippen LogP contribution in [0.5, 0.6) is 0 Å². The number of H-pyrrole nitrogens is 1. The standard InChI is InChI=1S/C24H24FN7O/c1-31-18(7-4-8-20(31)33)21-22-23(30-29-21)28-19(11-27-22)32-10-9-14-16(12-32)24(14,13-26)15-5-2-3-6-17(15)25/h2-8,11,14,16H,9-10,12-13,26H2,1H3,(H,28,29,30)/t14-,16+,24-/m1/s1. The fraction of sp³-hybridized carbons (Fsp3) is 0.333. The number of nitrogens with one attached hydrogen (secondary N) is 1. The largest absolute Gasteiger partial charge is 0.355 e. The summed E-state index contributed by atoms with van der Waals surface area (Å²) in [6, 6.07) is 12.0. The highest BCUT2D eigenvalue weighted by atomic mass is 19.1. The summed E-state index contributed by atoms with van der Waals surface area (Å²) in [5.41, 5.74) is 8.97. The average Bonchev–Trinajstić information content (AvgIpc) is 3.30. The Morgan fingerprint density at radius 2 is 2.06 bits per heavy atom. The number of nitrogens with zero attached hydrogens (tertiary/aromatic N) is 5. The van der Waals surface area contributed by atoms with Gasteiger partial charge in [-0.05, 0) is 36.0 Å². The van der Waals surface area contributed by atoms with Crippen molar-refractivity contribution in [1.29, 1.82) is 0 Å². The maximum Gasteiger partial charge on any atom is 0.250 e. The van der Waals surface area contributed by atoms with E-state index in [0.717, 1.165) is 30.9 Å². The molecule has 168 valence electrons. The number of anilines is 1. The van der Waals surface area contributed by atoms with Crippen molar-refractivity contribution in [3.63, 3.8) is 0 Å². The molecule has 0 amide bonds. The summed E-state index contributed by atoms with van der Waals surface area (Å²) < 4.78 is 16.2. The lowest BCUT2D eigenvalue weighted by Gasteiger charge is -2.26. The summed E-state index contributed by atoms with van der Waals surface area (Å²) in [4.78, 5) is 23.6. The van der Waals surface area contributed by atoms with E-state index in [-0.39, 0.29) is 22.7 Å². The molecule has 1 aliphatic carbocycles. The molecule has 0 spiro atoms. The third kappa shape index (κ3) is 2.85. The van der Waals surface area contributed by atoms with Crippen LogP contribution in [0.2, 0.25) is 0 Å². The molecule has 4 aromatic rings. The lowest BCUT2D eigenvalue weighted by atomic mass is 9.91. The topological polar surface area (TPSA) is 106 Å². The Balaban J connectivity index is 1.30. The minimum Gasteiger partial charge on any atom is -0.355 e. The molecule has 3 N–H and O–H groups in total. The number of piperidine rings is 1. The highest BCUT2D eigenvalue weighted by Crippen LogP contribution is 2.63. The third-order valence-corrected chi connectivity index (χ3v) is 7.55. The second-order valence-electron chi connectivity index (χ2n) is 8.98. The predicted octanol–water partition coefficient (Wildman–Crippen LogP) is 2.21. The van der Waals surface area contributed by atoms with Crippen molar-refractivity contribution in [2.24, 2.45) is 24.6 Å². The van der Waals surface area contributed by atoms with E-state index in [1.165, 1.54) is 16.7 Å². The number of nitrogens with two attached hydrogens (primary N) is 1. The van der Waals surface area contributed by atoms with Gasteiger partial charge >= 0.3 is 0 Å². The van der Waals surface area contributed by atoms with E-state index in [9.17, 15) is 9.18 Å². The molecule has 1 saturated carbocycles. The van der Waals surface area contributed by atoms with Crippen LogP contribution in [-0.2, 0) is 12.5 Å². The summed E-state index contributed by atoms with van der Waals surface area (Å²) in [6.07, 6.45) is 2.68. The fourth-order valence-electron chi connectivity index (χ4n) is 5.76. The average molecular weight is 446 g/mol. The van der Waals surface area contributed by atoms with Gasteiger partial charge in [0.1, 0.15) is 22.8 Å². The number of benzene rings is 1. The SMILES string of the molecule is Cn1c(-c2n[nH]c3nc(N4CC[C@@H]5[C@H](C4)[C@@]5(CN)c4ccccc4F)cnc23)cccc1=O. The van der Waals surface area contributed by atoms with Gasteiger partial charge in [-0.2, -0.15) is 5.10 Å². The highest BCUT2D eigenvalue weighted by Gasteiger charge is 2.66. The molecule has 6 rings (SSSR count). The number of hydrogen-bond donors (Lipinski definition) is 2. The molecule has 1 aromatic carbocycles. The fourth-order valence-corrected chi connectivity index (χ4v) is 5.76. The number of hydrogen-bond acceptors (Lipinski definition) is 6. The molecule has 1 saturated heterocycles. The van der Waals surface area contributed by atoms with Crippen LogP contribution in [0, 0.1) is 17.7 Å². The molecular weight excluding hydrogens is 421 g/mol. The van der Waals surface area contributed by atoms with Crippen LogP contribution in [0.15, 0.2) is 53.5 Å². The second kappa shape index (κ2) is 7.21. The van der Waals surface area contributed by atoms with Crippen molar-refractivity contribution >= 4 is 17.0 Å². The molecule has 9 heteroatoms. The minimum atomic E-state index is -0.309. The third-order valence-electron chi connectivity index (χ3n) is 7.55. The molecule has 33 heavy (non-hydrogen) atoms. The Bertz CT molecular complexity index is 1430. The quantitative estimate of drug-likeness (QED) is 0.499. The molecule has 0 bridgehead atoms.